The molecule has 0 aromatic carbocycles. The van der Waals surface area contributed by atoms with Gasteiger partial charge in [0.15, 0.2) is 0 Å². The number of hydrogen-bond donors (Lipinski definition) is 0. The second-order valence-corrected chi connectivity index (χ2v) is 6.93. The van der Waals surface area contributed by atoms with Crippen molar-refractivity contribution in [3.05, 3.63) is 12.3 Å². The van der Waals surface area contributed by atoms with Gasteiger partial charge < -0.3 is 14.5 Å². The van der Waals surface area contributed by atoms with Crippen LogP contribution < -0.4 is 9.64 Å². The minimum atomic E-state index is 0.636. The maximum absolute atomic E-state index is 5.19. The predicted molar refractivity (Wildman–Crippen MR) is 92.1 cm³/mol. The van der Waals surface area contributed by atoms with Gasteiger partial charge in [-0.3, -0.25) is 4.90 Å². The summed E-state index contributed by atoms with van der Waals surface area (Å²) < 4.78 is 5.19. The molecule has 2 aliphatic rings. The number of ether oxygens (including phenoxy) is 1. The van der Waals surface area contributed by atoms with Gasteiger partial charge >= 0.3 is 0 Å². The molecule has 3 heterocycles. The van der Waals surface area contributed by atoms with Gasteiger partial charge in [0.05, 0.1) is 7.11 Å². The maximum Gasteiger partial charge on any atom is 0.228 e. The SMILES string of the molecule is COc1ccnc(N2CCN(CC3CCN(C(C)C)C3)CC2)n1. The summed E-state index contributed by atoms with van der Waals surface area (Å²) >= 11 is 0. The zero-order valence-corrected chi connectivity index (χ0v) is 14.6. The fraction of sp³-hybridized carbons (Fsp3) is 0.765. The van der Waals surface area contributed by atoms with Crippen LogP contribution in [0.15, 0.2) is 12.3 Å². The lowest BCUT2D eigenvalue weighted by Crippen LogP contribution is -2.48. The Labute approximate surface area is 139 Å². The first-order valence-corrected chi connectivity index (χ1v) is 8.74. The van der Waals surface area contributed by atoms with Crippen LogP contribution in [-0.4, -0.2) is 78.7 Å². The molecule has 1 unspecified atom stereocenters. The number of hydrogen-bond acceptors (Lipinski definition) is 6. The van der Waals surface area contributed by atoms with Gasteiger partial charge in [-0.2, -0.15) is 4.98 Å². The highest BCUT2D eigenvalue weighted by Gasteiger charge is 2.27. The Hall–Kier alpha value is -1.40. The van der Waals surface area contributed by atoms with Crippen LogP contribution in [0, 0.1) is 5.92 Å². The first-order valence-electron chi connectivity index (χ1n) is 8.74. The van der Waals surface area contributed by atoms with Gasteiger partial charge in [0.25, 0.3) is 0 Å². The largest absolute Gasteiger partial charge is 0.481 e. The molecule has 1 aromatic rings. The Balaban J connectivity index is 1.47. The summed E-state index contributed by atoms with van der Waals surface area (Å²) in [5, 5.41) is 0. The van der Waals surface area contributed by atoms with Crippen LogP contribution >= 0.6 is 0 Å². The van der Waals surface area contributed by atoms with Crippen molar-refractivity contribution in [2.24, 2.45) is 5.92 Å². The van der Waals surface area contributed by atoms with E-state index in [4.69, 9.17) is 4.74 Å². The number of nitrogens with zero attached hydrogens (tertiary/aromatic N) is 5. The standard InChI is InChI=1S/C17H29N5O/c1-14(2)22-7-5-15(13-22)12-20-8-10-21(11-9-20)17-18-6-4-16(19-17)23-3/h4,6,14-15H,5,7-13H2,1-3H3. The van der Waals surface area contributed by atoms with Crippen LogP contribution in [0.3, 0.4) is 0 Å². The van der Waals surface area contributed by atoms with Gasteiger partial charge in [-0.05, 0) is 32.7 Å². The molecule has 0 saturated carbocycles. The Morgan fingerprint density at radius 1 is 1.22 bits per heavy atom. The Morgan fingerprint density at radius 2 is 2.00 bits per heavy atom. The Morgan fingerprint density at radius 3 is 2.65 bits per heavy atom. The molecule has 0 radical (unpaired) electrons. The highest BCUT2D eigenvalue weighted by molar-refractivity contribution is 5.32. The van der Waals surface area contributed by atoms with E-state index in [1.807, 2.05) is 0 Å². The summed E-state index contributed by atoms with van der Waals surface area (Å²) in [6.07, 6.45) is 3.12. The zero-order valence-electron chi connectivity index (χ0n) is 14.6. The highest BCUT2D eigenvalue weighted by Crippen LogP contribution is 2.21. The zero-order chi connectivity index (χ0) is 16.2. The molecule has 1 aromatic heterocycles. The third-order valence-electron chi connectivity index (χ3n) is 5.05. The van der Waals surface area contributed by atoms with Gasteiger partial charge in [0.1, 0.15) is 0 Å². The molecule has 128 valence electrons. The van der Waals surface area contributed by atoms with E-state index in [1.165, 1.54) is 26.1 Å². The quantitative estimate of drug-likeness (QED) is 0.816. The summed E-state index contributed by atoms with van der Waals surface area (Å²) in [6.45, 7) is 12.5. The number of aromatic nitrogens is 2. The minimum absolute atomic E-state index is 0.636. The molecule has 0 amide bonds. The lowest BCUT2D eigenvalue weighted by molar-refractivity contribution is 0.206. The molecule has 2 saturated heterocycles. The molecule has 0 bridgehead atoms. The van der Waals surface area contributed by atoms with Gasteiger partial charge in [-0.1, -0.05) is 0 Å². The summed E-state index contributed by atoms with van der Waals surface area (Å²) in [5.74, 6) is 2.25. The molecule has 0 aliphatic carbocycles. The van der Waals surface area contributed by atoms with Crippen LogP contribution in [0.1, 0.15) is 20.3 Å². The van der Waals surface area contributed by atoms with E-state index < -0.39 is 0 Å². The molecule has 23 heavy (non-hydrogen) atoms. The van der Waals surface area contributed by atoms with E-state index in [0.717, 1.165) is 38.0 Å². The van der Waals surface area contributed by atoms with Crippen molar-refractivity contribution in [2.45, 2.75) is 26.3 Å². The first-order chi connectivity index (χ1) is 11.2. The van der Waals surface area contributed by atoms with Crippen molar-refractivity contribution in [1.82, 2.24) is 19.8 Å². The highest BCUT2D eigenvalue weighted by atomic mass is 16.5. The number of likely N-dealkylation sites (tertiary alicyclic amines) is 1. The Kier molecular flexibility index (Phi) is 5.33. The van der Waals surface area contributed by atoms with Crippen molar-refractivity contribution in [2.75, 3.05) is 57.8 Å². The van der Waals surface area contributed by atoms with E-state index in [-0.39, 0.29) is 0 Å². The molecule has 2 aliphatic heterocycles. The molecule has 3 rings (SSSR count). The molecular formula is C17H29N5O. The average molecular weight is 319 g/mol. The second-order valence-electron chi connectivity index (χ2n) is 6.93. The summed E-state index contributed by atoms with van der Waals surface area (Å²) in [7, 11) is 1.64. The molecular weight excluding hydrogens is 290 g/mol. The third-order valence-corrected chi connectivity index (χ3v) is 5.05. The van der Waals surface area contributed by atoms with Crippen LogP contribution in [0.2, 0.25) is 0 Å². The van der Waals surface area contributed by atoms with Crippen molar-refractivity contribution in [3.8, 4) is 5.88 Å². The Bertz CT molecular complexity index is 502. The lowest BCUT2D eigenvalue weighted by Gasteiger charge is -2.36. The second kappa shape index (κ2) is 7.45. The minimum Gasteiger partial charge on any atom is -0.481 e. The van der Waals surface area contributed by atoms with Gasteiger partial charge in [-0.15, -0.1) is 0 Å². The van der Waals surface area contributed by atoms with Crippen molar-refractivity contribution in [3.63, 3.8) is 0 Å². The monoisotopic (exact) mass is 319 g/mol. The number of piperazine rings is 1. The van der Waals surface area contributed by atoms with Crippen molar-refractivity contribution >= 4 is 5.95 Å². The molecule has 6 heteroatoms. The normalized spacial score (nSPS) is 23.7. The molecule has 2 fully saturated rings. The van der Waals surface area contributed by atoms with E-state index in [9.17, 15) is 0 Å². The van der Waals surface area contributed by atoms with Crippen molar-refractivity contribution in [1.29, 1.82) is 0 Å². The summed E-state index contributed by atoms with van der Waals surface area (Å²) in [6, 6.07) is 2.47. The van der Waals surface area contributed by atoms with E-state index in [2.05, 4.69) is 38.5 Å². The average Bonchev–Trinajstić information content (AvgIpc) is 3.04. The molecule has 1 atom stereocenters. The predicted octanol–water partition coefficient (Wildman–Crippen LogP) is 1.34. The van der Waals surface area contributed by atoms with Crippen molar-refractivity contribution < 1.29 is 4.74 Å². The number of anilines is 1. The number of rotatable bonds is 5. The maximum atomic E-state index is 5.19. The van der Waals surface area contributed by atoms with Gasteiger partial charge in [0.2, 0.25) is 11.8 Å². The first kappa shape index (κ1) is 16.5. The van der Waals surface area contributed by atoms with Crippen LogP contribution in [-0.2, 0) is 0 Å². The van der Waals surface area contributed by atoms with E-state index in [1.54, 1.807) is 19.4 Å². The van der Waals surface area contributed by atoms with Gasteiger partial charge in [-0.25, -0.2) is 4.98 Å². The van der Waals surface area contributed by atoms with Gasteiger partial charge in [0, 0.05) is 57.6 Å². The summed E-state index contributed by atoms with van der Waals surface area (Å²) in [4.78, 5) is 16.3. The molecule has 6 nitrogen and oxygen atoms in total. The summed E-state index contributed by atoms with van der Waals surface area (Å²) in [5.41, 5.74) is 0. The van der Waals surface area contributed by atoms with E-state index >= 15 is 0 Å². The number of methoxy groups -OCH3 is 1. The smallest absolute Gasteiger partial charge is 0.228 e. The van der Waals surface area contributed by atoms with Crippen LogP contribution in [0.5, 0.6) is 5.88 Å². The van der Waals surface area contributed by atoms with Crippen LogP contribution in [0.4, 0.5) is 5.95 Å². The fourth-order valence-corrected chi connectivity index (χ4v) is 3.57. The molecule has 0 spiro atoms. The fourth-order valence-electron chi connectivity index (χ4n) is 3.57. The third kappa shape index (κ3) is 4.12. The molecule has 0 N–H and O–H groups in total. The van der Waals surface area contributed by atoms with E-state index in [0.29, 0.717) is 11.9 Å². The van der Waals surface area contributed by atoms with Crippen LogP contribution in [0.25, 0.3) is 0 Å². The topological polar surface area (TPSA) is 44.7 Å². The lowest BCUT2D eigenvalue weighted by atomic mass is 10.1.